The zero-order chi connectivity index (χ0) is 13.8. The number of nitrogens with zero attached hydrogens (tertiary/aromatic N) is 2. The van der Waals surface area contributed by atoms with E-state index in [4.69, 9.17) is 11.6 Å². The van der Waals surface area contributed by atoms with E-state index >= 15 is 0 Å². The van der Waals surface area contributed by atoms with Crippen LogP contribution in [0.5, 0.6) is 0 Å². The van der Waals surface area contributed by atoms with Crippen LogP contribution in [0.3, 0.4) is 0 Å². The van der Waals surface area contributed by atoms with Crippen molar-refractivity contribution in [1.82, 2.24) is 10.3 Å². The summed E-state index contributed by atoms with van der Waals surface area (Å²) in [4.78, 5) is 6.91. The fraction of sp³-hybridized carbons (Fsp3) is 0.667. The molecule has 0 spiro atoms. The summed E-state index contributed by atoms with van der Waals surface area (Å²) in [7, 11) is 0. The van der Waals surface area contributed by atoms with Gasteiger partial charge >= 0.3 is 0 Å². The van der Waals surface area contributed by atoms with Crippen molar-refractivity contribution < 1.29 is 0 Å². The second-order valence-electron chi connectivity index (χ2n) is 5.71. The number of piperidine rings is 1. The Morgan fingerprint density at radius 3 is 2.95 bits per heavy atom. The van der Waals surface area contributed by atoms with Crippen molar-refractivity contribution in [2.45, 2.75) is 58.7 Å². The summed E-state index contributed by atoms with van der Waals surface area (Å²) in [5.74, 6) is 1.07. The lowest BCUT2D eigenvalue weighted by molar-refractivity contribution is 0.481. The summed E-state index contributed by atoms with van der Waals surface area (Å²) >= 11 is 6.23. The van der Waals surface area contributed by atoms with E-state index in [9.17, 15) is 0 Å². The molecule has 106 valence electrons. The van der Waals surface area contributed by atoms with Crippen LogP contribution in [0.2, 0.25) is 5.02 Å². The molecule has 0 bridgehead atoms. The van der Waals surface area contributed by atoms with Gasteiger partial charge in [0.25, 0.3) is 0 Å². The molecule has 1 unspecified atom stereocenters. The first-order valence-electron chi connectivity index (χ1n) is 7.22. The smallest absolute Gasteiger partial charge is 0.129 e. The average molecular weight is 282 g/mol. The maximum atomic E-state index is 6.23. The zero-order valence-electron chi connectivity index (χ0n) is 12.1. The van der Waals surface area contributed by atoms with E-state index in [0.29, 0.717) is 12.1 Å². The molecule has 4 heteroatoms. The highest BCUT2D eigenvalue weighted by Crippen LogP contribution is 2.26. The SMILES string of the molecule is CC(C)NCc1cc(N2CCCCC2C)ncc1Cl. The molecular weight excluding hydrogens is 258 g/mol. The molecule has 0 radical (unpaired) electrons. The summed E-state index contributed by atoms with van der Waals surface area (Å²) < 4.78 is 0. The van der Waals surface area contributed by atoms with Crippen LogP contribution in [0, 0.1) is 0 Å². The molecule has 0 aliphatic carbocycles. The van der Waals surface area contributed by atoms with Crippen molar-refractivity contribution >= 4 is 17.4 Å². The standard InChI is InChI=1S/C15H24ClN3/c1-11(2)17-9-13-8-15(18-10-14(13)16)19-7-5-4-6-12(19)3/h8,10-12,17H,4-7,9H2,1-3H3. The van der Waals surface area contributed by atoms with Crippen molar-refractivity contribution in [3.8, 4) is 0 Å². The molecule has 0 amide bonds. The number of halogens is 1. The minimum Gasteiger partial charge on any atom is -0.354 e. The van der Waals surface area contributed by atoms with Gasteiger partial charge in [-0.05, 0) is 37.8 Å². The number of anilines is 1. The monoisotopic (exact) mass is 281 g/mol. The van der Waals surface area contributed by atoms with E-state index in [1.165, 1.54) is 19.3 Å². The molecule has 1 atom stereocenters. The minimum atomic E-state index is 0.460. The van der Waals surface area contributed by atoms with Crippen molar-refractivity contribution in [3.05, 3.63) is 22.8 Å². The van der Waals surface area contributed by atoms with Crippen LogP contribution in [-0.4, -0.2) is 23.6 Å². The molecule has 1 aromatic rings. The van der Waals surface area contributed by atoms with E-state index in [2.05, 4.69) is 42.0 Å². The summed E-state index contributed by atoms with van der Waals surface area (Å²) in [5, 5.41) is 4.16. The van der Waals surface area contributed by atoms with Crippen LogP contribution >= 0.6 is 11.6 Å². The predicted octanol–water partition coefficient (Wildman–Crippen LogP) is 3.61. The molecule has 2 heterocycles. The number of hydrogen-bond acceptors (Lipinski definition) is 3. The highest BCUT2D eigenvalue weighted by molar-refractivity contribution is 6.31. The summed E-state index contributed by atoms with van der Waals surface area (Å²) in [6.45, 7) is 8.47. The third kappa shape index (κ3) is 3.83. The van der Waals surface area contributed by atoms with Gasteiger partial charge < -0.3 is 10.2 Å². The third-order valence-corrected chi connectivity index (χ3v) is 4.06. The van der Waals surface area contributed by atoms with Crippen LogP contribution in [0.1, 0.15) is 45.6 Å². The van der Waals surface area contributed by atoms with Crippen molar-refractivity contribution in [1.29, 1.82) is 0 Å². The van der Waals surface area contributed by atoms with Gasteiger partial charge in [-0.2, -0.15) is 0 Å². The fourth-order valence-corrected chi connectivity index (χ4v) is 2.68. The predicted molar refractivity (Wildman–Crippen MR) is 81.9 cm³/mol. The Kier molecular flexibility index (Phi) is 5.06. The van der Waals surface area contributed by atoms with Crippen LogP contribution in [0.15, 0.2) is 12.3 Å². The minimum absolute atomic E-state index is 0.460. The summed E-state index contributed by atoms with van der Waals surface area (Å²) in [6, 6.07) is 3.18. The van der Waals surface area contributed by atoms with Crippen LogP contribution in [0.25, 0.3) is 0 Å². The van der Waals surface area contributed by atoms with E-state index in [0.717, 1.165) is 29.5 Å². The Balaban J connectivity index is 2.15. The zero-order valence-corrected chi connectivity index (χ0v) is 12.9. The number of aromatic nitrogens is 1. The summed E-state index contributed by atoms with van der Waals surface area (Å²) in [6.07, 6.45) is 5.63. The normalized spacial score (nSPS) is 20.1. The second-order valence-corrected chi connectivity index (χ2v) is 6.11. The second kappa shape index (κ2) is 6.58. The highest BCUT2D eigenvalue weighted by atomic mass is 35.5. The molecule has 0 aromatic carbocycles. The lowest BCUT2D eigenvalue weighted by atomic mass is 10.0. The Morgan fingerprint density at radius 2 is 2.26 bits per heavy atom. The third-order valence-electron chi connectivity index (χ3n) is 3.72. The van der Waals surface area contributed by atoms with Gasteiger partial charge in [0.05, 0.1) is 5.02 Å². The van der Waals surface area contributed by atoms with Gasteiger partial charge in [-0.15, -0.1) is 0 Å². The topological polar surface area (TPSA) is 28.2 Å². The van der Waals surface area contributed by atoms with Crippen LogP contribution < -0.4 is 10.2 Å². The van der Waals surface area contributed by atoms with Crippen molar-refractivity contribution in [3.63, 3.8) is 0 Å². The van der Waals surface area contributed by atoms with Gasteiger partial charge in [0.15, 0.2) is 0 Å². The maximum absolute atomic E-state index is 6.23. The molecule has 19 heavy (non-hydrogen) atoms. The fourth-order valence-electron chi connectivity index (χ4n) is 2.51. The molecule has 2 rings (SSSR count). The number of rotatable bonds is 4. The molecule has 1 aliphatic rings. The lowest BCUT2D eigenvalue weighted by Gasteiger charge is -2.34. The van der Waals surface area contributed by atoms with Gasteiger partial charge in [-0.1, -0.05) is 25.4 Å². The molecule has 3 nitrogen and oxygen atoms in total. The van der Waals surface area contributed by atoms with E-state index in [1.54, 1.807) is 6.20 Å². The molecule has 1 aliphatic heterocycles. The van der Waals surface area contributed by atoms with Gasteiger partial charge in [-0.3, -0.25) is 0 Å². The van der Waals surface area contributed by atoms with E-state index < -0.39 is 0 Å². The first-order chi connectivity index (χ1) is 9.08. The largest absolute Gasteiger partial charge is 0.354 e. The van der Waals surface area contributed by atoms with Crippen molar-refractivity contribution in [2.24, 2.45) is 0 Å². The van der Waals surface area contributed by atoms with E-state index in [1.807, 2.05) is 0 Å². The van der Waals surface area contributed by atoms with Crippen LogP contribution in [0.4, 0.5) is 5.82 Å². The Hall–Kier alpha value is -0.800. The van der Waals surface area contributed by atoms with Crippen molar-refractivity contribution in [2.75, 3.05) is 11.4 Å². The highest BCUT2D eigenvalue weighted by Gasteiger charge is 2.20. The molecule has 1 saturated heterocycles. The first kappa shape index (κ1) is 14.6. The molecule has 0 saturated carbocycles. The van der Waals surface area contributed by atoms with Gasteiger partial charge in [0.1, 0.15) is 5.82 Å². The number of pyridine rings is 1. The molecule has 1 aromatic heterocycles. The van der Waals surface area contributed by atoms with Crippen LogP contribution in [-0.2, 0) is 6.54 Å². The Morgan fingerprint density at radius 1 is 1.47 bits per heavy atom. The Labute approximate surface area is 121 Å². The number of nitrogens with one attached hydrogen (secondary N) is 1. The maximum Gasteiger partial charge on any atom is 0.129 e. The average Bonchev–Trinajstić information content (AvgIpc) is 2.38. The first-order valence-corrected chi connectivity index (χ1v) is 7.60. The molecule has 1 N–H and O–H groups in total. The Bertz CT molecular complexity index is 420. The van der Waals surface area contributed by atoms with Gasteiger partial charge in [-0.25, -0.2) is 4.98 Å². The quantitative estimate of drug-likeness (QED) is 0.914. The van der Waals surface area contributed by atoms with Gasteiger partial charge in [0, 0.05) is 31.4 Å². The lowest BCUT2D eigenvalue weighted by Crippen LogP contribution is -2.38. The molecule has 1 fully saturated rings. The summed E-state index contributed by atoms with van der Waals surface area (Å²) in [5.41, 5.74) is 1.14. The molecular formula is C15H24ClN3. The van der Waals surface area contributed by atoms with Gasteiger partial charge in [0.2, 0.25) is 0 Å². The van der Waals surface area contributed by atoms with E-state index in [-0.39, 0.29) is 0 Å². The number of hydrogen-bond donors (Lipinski definition) is 1.